The summed E-state index contributed by atoms with van der Waals surface area (Å²) >= 11 is 0. The molecule has 0 amide bonds. The maximum Gasteiger partial charge on any atom is 0.306 e. The fourth-order valence-electron chi connectivity index (χ4n) is 9.14. The number of hydrogen-bond acceptors (Lipinski definition) is 6. The average molecular weight is 573 g/mol. The number of hydrogen-bond donors (Lipinski definition) is 3. The summed E-state index contributed by atoms with van der Waals surface area (Å²) in [4.78, 5) is 26.4. The highest BCUT2D eigenvalue weighted by atomic mass is 16.6. The SMILES string of the molecule is CCCCCCCCCCCCCC(=O)O[C@@H]1[C@@H](C)[C@@]2(C)[C@@H](C=C(CO)C[C@]3(O)C(=O)C(C)=C[C@@H]23)[C@H]2C(C)(C)[C@]12O. The predicted molar refractivity (Wildman–Crippen MR) is 161 cm³/mol. The van der Waals surface area contributed by atoms with Crippen LogP contribution in [0.1, 0.15) is 125 Å². The van der Waals surface area contributed by atoms with Crippen molar-refractivity contribution in [2.24, 2.45) is 34.5 Å². The molecule has 0 aliphatic heterocycles. The molecule has 4 aliphatic rings. The van der Waals surface area contributed by atoms with Crippen LogP contribution in [0.5, 0.6) is 0 Å². The van der Waals surface area contributed by atoms with Crippen LogP contribution < -0.4 is 0 Å². The Bertz CT molecular complexity index is 1040. The molecular weight excluding hydrogens is 516 g/mol. The van der Waals surface area contributed by atoms with Crippen molar-refractivity contribution in [3.05, 3.63) is 23.3 Å². The average Bonchev–Trinajstić information content (AvgIpc) is 3.32. The number of carbonyl (C=O) groups is 2. The van der Waals surface area contributed by atoms with E-state index < -0.39 is 34.1 Å². The van der Waals surface area contributed by atoms with Gasteiger partial charge in [0, 0.05) is 36.0 Å². The summed E-state index contributed by atoms with van der Waals surface area (Å²) in [7, 11) is 0. The van der Waals surface area contributed by atoms with Crippen LogP contribution >= 0.6 is 0 Å². The summed E-state index contributed by atoms with van der Waals surface area (Å²) in [5.41, 5.74) is -2.87. The van der Waals surface area contributed by atoms with Crippen molar-refractivity contribution in [3.63, 3.8) is 0 Å². The number of allylic oxidation sites excluding steroid dienone is 1. The van der Waals surface area contributed by atoms with Gasteiger partial charge in [0.15, 0.2) is 5.78 Å². The van der Waals surface area contributed by atoms with E-state index in [1.807, 2.05) is 32.9 Å². The fourth-order valence-corrected chi connectivity index (χ4v) is 9.14. The summed E-state index contributed by atoms with van der Waals surface area (Å²) in [6.45, 7) is 11.9. The number of fused-ring (bicyclic) bond motifs is 5. The van der Waals surface area contributed by atoms with Gasteiger partial charge < -0.3 is 20.1 Å². The molecule has 0 aromatic rings. The van der Waals surface area contributed by atoms with Gasteiger partial charge in [-0.05, 0) is 35.8 Å². The van der Waals surface area contributed by atoms with Crippen molar-refractivity contribution < 1.29 is 29.6 Å². The first kappa shape index (κ1) is 32.4. The smallest absolute Gasteiger partial charge is 0.306 e. The van der Waals surface area contributed by atoms with Gasteiger partial charge in [-0.1, -0.05) is 111 Å². The monoisotopic (exact) mass is 572 g/mol. The van der Waals surface area contributed by atoms with Gasteiger partial charge in [-0.3, -0.25) is 9.59 Å². The summed E-state index contributed by atoms with van der Waals surface area (Å²) in [6.07, 6.45) is 16.9. The minimum absolute atomic E-state index is 0.0779. The molecule has 4 rings (SSSR count). The molecule has 6 heteroatoms. The van der Waals surface area contributed by atoms with Crippen LogP contribution in [-0.4, -0.2) is 51.0 Å². The summed E-state index contributed by atoms with van der Waals surface area (Å²) in [6, 6.07) is 0. The predicted octanol–water partition coefficient (Wildman–Crippen LogP) is 6.46. The molecule has 232 valence electrons. The fraction of sp³-hybridized carbons (Fsp3) is 0.829. The van der Waals surface area contributed by atoms with Crippen LogP contribution in [-0.2, 0) is 14.3 Å². The van der Waals surface area contributed by atoms with Gasteiger partial charge in [-0.25, -0.2) is 0 Å². The van der Waals surface area contributed by atoms with E-state index in [0.29, 0.717) is 17.6 Å². The Hall–Kier alpha value is -1.50. The highest BCUT2D eigenvalue weighted by Gasteiger charge is 2.84. The second kappa shape index (κ2) is 12.2. The third kappa shape index (κ3) is 5.40. The number of esters is 1. The lowest BCUT2D eigenvalue weighted by Gasteiger charge is -2.54. The van der Waals surface area contributed by atoms with E-state index in [0.717, 1.165) is 19.3 Å². The maximum atomic E-state index is 13.3. The first-order valence-electron chi connectivity index (χ1n) is 16.5. The van der Waals surface area contributed by atoms with Crippen LogP contribution in [0, 0.1) is 34.5 Å². The van der Waals surface area contributed by atoms with Crippen molar-refractivity contribution >= 4 is 11.8 Å². The van der Waals surface area contributed by atoms with E-state index in [-0.39, 0.29) is 42.5 Å². The Morgan fingerprint density at radius 2 is 1.51 bits per heavy atom. The zero-order chi connectivity index (χ0) is 30.2. The van der Waals surface area contributed by atoms with E-state index in [1.54, 1.807) is 6.92 Å². The number of ether oxygens (including phenoxy) is 1. The Kier molecular flexibility index (Phi) is 9.68. The molecule has 0 saturated heterocycles. The van der Waals surface area contributed by atoms with Gasteiger partial charge in [0.2, 0.25) is 0 Å². The first-order valence-corrected chi connectivity index (χ1v) is 16.5. The Labute approximate surface area is 248 Å². The summed E-state index contributed by atoms with van der Waals surface area (Å²) < 4.78 is 6.19. The second-order valence-corrected chi connectivity index (χ2v) is 14.6. The molecule has 0 unspecified atom stereocenters. The molecule has 0 radical (unpaired) electrons. The molecule has 41 heavy (non-hydrogen) atoms. The van der Waals surface area contributed by atoms with Gasteiger partial charge in [0.05, 0.1) is 6.61 Å². The Morgan fingerprint density at radius 1 is 0.951 bits per heavy atom. The van der Waals surface area contributed by atoms with Gasteiger partial charge >= 0.3 is 5.97 Å². The van der Waals surface area contributed by atoms with Crippen molar-refractivity contribution in [3.8, 4) is 0 Å². The molecule has 0 aromatic heterocycles. The number of ketones is 1. The third-order valence-electron chi connectivity index (χ3n) is 11.9. The zero-order valence-electron chi connectivity index (χ0n) is 26.5. The van der Waals surface area contributed by atoms with Gasteiger partial charge in [-0.15, -0.1) is 0 Å². The number of rotatable bonds is 14. The molecule has 3 N–H and O–H groups in total. The van der Waals surface area contributed by atoms with Crippen LogP contribution in [0.4, 0.5) is 0 Å². The number of carbonyl (C=O) groups excluding carboxylic acids is 2. The molecule has 4 aliphatic carbocycles. The summed E-state index contributed by atoms with van der Waals surface area (Å²) in [5, 5.41) is 34.1. The number of aliphatic hydroxyl groups is 3. The number of aliphatic hydroxyl groups excluding tert-OH is 1. The molecular formula is C35H56O6. The summed E-state index contributed by atoms with van der Waals surface area (Å²) in [5.74, 6) is -1.80. The molecule has 6 nitrogen and oxygen atoms in total. The number of Topliss-reactive ketones (excluding diaryl/α,β-unsaturated/α-hetero) is 1. The topological polar surface area (TPSA) is 104 Å². The molecule has 0 heterocycles. The van der Waals surface area contributed by atoms with Gasteiger partial charge in [0.25, 0.3) is 0 Å². The van der Waals surface area contributed by atoms with Crippen LogP contribution in [0.25, 0.3) is 0 Å². The van der Waals surface area contributed by atoms with Crippen LogP contribution in [0.2, 0.25) is 0 Å². The van der Waals surface area contributed by atoms with Crippen molar-refractivity contribution in [2.45, 2.75) is 142 Å². The van der Waals surface area contributed by atoms with Crippen LogP contribution in [0.3, 0.4) is 0 Å². The molecule has 0 aromatic carbocycles. The highest BCUT2D eigenvalue weighted by molar-refractivity contribution is 6.04. The minimum Gasteiger partial charge on any atom is -0.459 e. The minimum atomic E-state index is -1.64. The van der Waals surface area contributed by atoms with E-state index in [4.69, 9.17) is 4.74 Å². The van der Waals surface area contributed by atoms with E-state index in [9.17, 15) is 24.9 Å². The van der Waals surface area contributed by atoms with E-state index in [2.05, 4.69) is 13.8 Å². The molecule has 8 atom stereocenters. The normalized spacial score (nSPS) is 38.8. The quantitative estimate of drug-likeness (QED) is 0.125. The largest absolute Gasteiger partial charge is 0.459 e. The maximum absolute atomic E-state index is 13.3. The zero-order valence-corrected chi connectivity index (χ0v) is 26.5. The lowest BCUT2D eigenvalue weighted by atomic mass is 9.52. The van der Waals surface area contributed by atoms with Crippen LogP contribution in [0.15, 0.2) is 23.3 Å². The highest BCUT2D eigenvalue weighted by Crippen LogP contribution is 2.77. The van der Waals surface area contributed by atoms with Crippen molar-refractivity contribution in [2.75, 3.05) is 6.61 Å². The standard InChI is InChI=1S/C35H56O6/c1-7-8-9-10-11-12-13-14-15-16-17-18-28(37)41-31-24(3)33(6)26(29-32(4,5)35(29,31)40)20-25(22-36)21-34(39)27(33)19-23(2)30(34)38/h19-20,24,26-27,29,31,36,39-40H,7-18,21-22H2,1-6H3/t24-,26+,27+,29+,31-,33+,34-,35-/m1/s1. The van der Waals surface area contributed by atoms with E-state index in [1.165, 1.54) is 51.4 Å². The molecule has 2 fully saturated rings. The molecule has 0 bridgehead atoms. The van der Waals surface area contributed by atoms with Gasteiger partial charge in [0.1, 0.15) is 17.3 Å². The Balaban J connectivity index is 1.42. The van der Waals surface area contributed by atoms with Crippen molar-refractivity contribution in [1.82, 2.24) is 0 Å². The third-order valence-corrected chi connectivity index (χ3v) is 11.9. The molecule has 2 saturated carbocycles. The van der Waals surface area contributed by atoms with Crippen molar-refractivity contribution in [1.29, 1.82) is 0 Å². The van der Waals surface area contributed by atoms with E-state index >= 15 is 0 Å². The second-order valence-electron chi connectivity index (χ2n) is 14.6. The number of unbranched alkanes of at least 4 members (excludes halogenated alkanes) is 10. The lowest BCUT2D eigenvalue weighted by Crippen LogP contribution is -2.60. The first-order chi connectivity index (χ1) is 19.3. The van der Waals surface area contributed by atoms with Gasteiger partial charge in [-0.2, -0.15) is 0 Å². The lowest BCUT2D eigenvalue weighted by molar-refractivity contribution is -0.193. The molecule has 0 spiro atoms. The Morgan fingerprint density at radius 3 is 2.07 bits per heavy atom.